The number of hydrogen-bond acceptors (Lipinski definition) is 6. The highest BCUT2D eigenvalue weighted by Gasteiger charge is 2.14. The Morgan fingerprint density at radius 3 is 2.54 bits per heavy atom. The van der Waals surface area contributed by atoms with Gasteiger partial charge in [0.15, 0.2) is 0 Å². The quantitative estimate of drug-likeness (QED) is 0.277. The van der Waals surface area contributed by atoms with Crippen LogP contribution >= 0.6 is 0 Å². The van der Waals surface area contributed by atoms with Crippen LogP contribution in [0.15, 0.2) is 0 Å². The number of amides is 2. The maximum absolute atomic E-state index is 11.8. The molecule has 2 amide bonds. The van der Waals surface area contributed by atoms with Crippen LogP contribution in [0.3, 0.4) is 0 Å². The highest BCUT2D eigenvalue weighted by Crippen LogP contribution is 1.95. The molecule has 8 heteroatoms. The van der Waals surface area contributed by atoms with Crippen LogP contribution in [0.1, 0.15) is 32.6 Å². The normalized spacial score (nSPS) is 12.0. The minimum Gasteiger partial charge on any atom is -0.382 e. The van der Waals surface area contributed by atoms with Crippen molar-refractivity contribution in [3.8, 4) is 0 Å². The molecule has 0 aliphatic heterocycles. The molecule has 0 spiro atoms. The van der Waals surface area contributed by atoms with E-state index in [1.54, 1.807) is 7.11 Å². The fraction of sp³-hybridized carbons (Fsp3) is 0.875. The van der Waals surface area contributed by atoms with Gasteiger partial charge in [0.25, 0.3) is 0 Å². The molecule has 0 saturated heterocycles. The lowest BCUT2D eigenvalue weighted by atomic mass is 10.1. The van der Waals surface area contributed by atoms with Crippen molar-refractivity contribution in [3.05, 3.63) is 0 Å². The van der Waals surface area contributed by atoms with Crippen molar-refractivity contribution in [1.82, 2.24) is 16.0 Å². The molecule has 5 N–H and O–H groups in total. The summed E-state index contributed by atoms with van der Waals surface area (Å²) < 4.78 is 10.2. The molecule has 0 radical (unpaired) electrons. The number of ether oxygens (including phenoxy) is 2. The van der Waals surface area contributed by atoms with Crippen LogP contribution in [-0.2, 0) is 19.1 Å². The molecule has 0 rings (SSSR count). The van der Waals surface area contributed by atoms with Gasteiger partial charge in [-0.05, 0) is 25.8 Å². The van der Waals surface area contributed by atoms with E-state index in [0.29, 0.717) is 45.8 Å². The van der Waals surface area contributed by atoms with Gasteiger partial charge in [-0.15, -0.1) is 0 Å². The molecule has 1 unspecified atom stereocenters. The maximum Gasteiger partial charge on any atom is 0.236 e. The average Bonchev–Trinajstić information content (AvgIpc) is 2.58. The maximum atomic E-state index is 11.8. The second-order valence-electron chi connectivity index (χ2n) is 5.49. The summed E-state index contributed by atoms with van der Waals surface area (Å²) in [4.78, 5) is 23.4. The van der Waals surface area contributed by atoms with Gasteiger partial charge in [-0.2, -0.15) is 0 Å². The van der Waals surface area contributed by atoms with Crippen LogP contribution in [-0.4, -0.2) is 71.0 Å². The van der Waals surface area contributed by atoms with E-state index < -0.39 is 6.04 Å². The lowest BCUT2D eigenvalue weighted by molar-refractivity contribution is -0.123. The summed E-state index contributed by atoms with van der Waals surface area (Å²) in [6, 6.07) is -0.664. The highest BCUT2D eigenvalue weighted by atomic mass is 16.5. The van der Waals surface area contributed by atoms with Gasteiger partial charge in [-0.3, -0.25) is 9.59 Å². The smallest absolute Gasteiger partial charge is 0.236 e. The second-order valence-corrected chi connectivity index (χ2v) is 5.49. The molecule has 0 aromatic carbocycles. The lowest BCUT2D eigenvalue weighted by Gasteiger charge is -2.12. The summed E-state index contributed by atoms with van der Waals surface area (Å²) in [7, 11) is 1.62. The molecule has 8 nitrogen and oxygen atoms in total. The fourth-order valence-corrected chi connectivity index (χ4v) is 1.86. The summed E-state index contributed by atoms with van der Waals surface area (Å²) in [5.74, 6) is -0.313. The van der Waals surface area contributed by atoms with Gasteiger partial charge >= 0.3 is 0 Å². The first-order valence-corrected chi connectivity index (χ1v) is 8.69. The third kappa shape index (κ3) is 14.4. The number of hydrogen-bond donors (Lipinski definition) is 4. The Kier molecular flexibility index (Phi) is 15.8. The Morgan fingerprint density at radius 2 is 1.83 bits per heavy atom. The zero-order chi connectivity index (χ0) is 18.0. The van der Waals surface area contributed by atoms with E-state index in [1.807, 2.05) is 0 Å². The first-order chi connectivity index (χ1) is 11.6. The Hall–Kier alpha value is -1.22. The topological polar surface area (TPSA) is 115 Å². The van der Waals surface area contributed by atoms with Crippen LogP contribution in [0.25, 0.3) is 0 Å². The Balaban J connectivity index is 3.55. The second kappa shape index (κ2) is 16.6. The molecule has 0 aromatic heterocycles. The minimum absolute atomic E-state index is 0.0805. The van der Waals surface area contributed by atoms with E-state index in [1.165, 1.54) is 0 Å². The van der Waals surface area contributed by atoms with Crippen LogP contribution in [0, 0.1) is 0 Å². The number of nitrogens with one attached hydrogen (secondary N) is 3. The van der Waals surface area contributed by atoms with Gasteiger partial charge in [0.1, 0.15) is 0 Å². The zero-order valence-electron chi connectivity index (χ0n) is 15.1. The standard InChI is InChI=1S/C16H34N4O4/c1-3-7-18-9-10-19-15(21)6-5-14(17)16(22)20-8-4-11-24-13-12-23-2/h14,18H,3-13,17H2,1-2H3,(H,19,21)(H,20,22). The molecule has 0 fully saturated rings. The minimum atomic E-state index is -0.664. The molecule has 0 saturated carbocycles. The number of rotatable bonds is 16. The monoisotopic (exact) mass is 346 g/mol. The van der Waals surface area contributed by atoms with E-state index in [0.717, 1.165) is 19.5 Å². The van der Waals surface area contributed by atoms with Crippen LogP contribution in [0.2, 0.25) is 0 Å². The molecule has 0 aromatic rings. The van der Waals surface area contributed by atoms with Crippen LogP contribution in [0.4, 0.5) is 0 Å². The predicted octanol–water partition coefficient (Wildman–Crippen LogP) is -0.621. The SMILES string of the molecule is CCCNCCNC(=O)CCC(N)C(=O)NCCCOCCOC. The molecular weight excluding hydrogens is 312 g/mol. The molecular formula is C16H34N4O4. The molecule has 0 aliphatic carbocycles. The van der Waals surface area contributed by atoms with E-state index in [2.05, 4.69) is 22.9 Å². The Morgan fingerprint density at radius 1 is 1.04 bits per heavy atom. The summed E-state index contributed by atoms with van der Waals surface area (Å²) in [6.45, 7) is 6.55. The number of carbonyl (C=O) groups excluding carboxylic acids is 2. The molecule has 142 valence electrons. The Bertz CT molecular complexity index is 329. The van der Waals surface area contributed by atoms with Gasteiger partial charge in [0, 0.05) is 39.8 Å². The van der Waals surface area contributed by atoms with E-state index in [-0.39, 0.29) is 18.2 Å². The van der Waals surface area contributed by atoms with E-state index in [4.69, 9.17) is 15.2 Å². The van der Waals surface area contributed by atoms with Crippen molar-refractivity contribution < 1.29 is 19.1 Å². The summed E-state index contributed by atoms with van der Waals surface area (Å²) in [5.41, 5.74) is 5.79. The van der Waals surface area contributed by atoms with Gasteiger partial charge in [-0.1, -0.05) is 6.92 Å². The highest BCUT2D eigenvalue weighted by molar-refractivity contribution is 5.82. The van der Waals surface area contributed by atoms with Crippen molar-refractivity contribution in [3.63, 3.8) is 0 Å². The fourth-order valence-electron chi connectivity index (χ4n) is 1.86. The summed E-state index contributed by atoms with van der Waals surface area (Å²) >= 11 is 0. The summed E-state index contributed by atoms with van der Waals surface area (Å²) in [6.07, 6.45) is 2.37. The van der Waals surface area contributed by atoms with Crippen molar-refractivity contribution in [2.45, 2.75) is 38.6 Å². The number of methoxy groups -OCH3 is 1. The number of carbonyl (C=O) groups is 2. The zero-order valence-corrected chi connectivity index (χ0v) is 15.1. The number of nitrogens with two attached hydrogens (primary N) is 1. The first kappa shape index (κ1) is 22.8. The lowest BCUT2D eigenvalue weighted by Crippen LogP contribution is -2.42. The molecule has 0 bridgehead atoms. The van der Waals surface area contributed by atoms with Crippen molar-refractivity contribution in [2.24, 2.45) is 5.73 Å². The van der Waals surface area contributed by atoms with Gasteiger partial charge in [-0.25, -0.2) is 0 Å². The molecule has 0 aliphatic rings. The summed E-state index contributed by atoms with van der Waals surface area (Å²) in [5, 5.41) is 8.74. The van der Waals surface area contributed by atoms with E-state index in [9.17, 15) is 9.59 Å². The molecule has 1 atom stereocenters. The largest absolute Gasteiger partial charge is 0.382 e. The molecule has 24 heavy (non-hydrogen) atoms. The first-order valence-electron chi connectivity index (χ1n) is 8.69. The van der Waals surface area contributed by atoms with Gasteiger partial charge in [0.2, 0.25) is 11.8 Å². The average molecular weight is 346 g/mol. The third-order valence-corrected chi connectivity index (χ3v) is 3.27. The van der Waals surface area contributed by atoms with Gasteiger partial charge in [0.05, 0.1) is 19.3 Å². The van der Waals surface area contributed by atoms with Crippen LogP contribution in [0.5, 0.6) is 0 Å². The Labute approximate surface area is 145 Å². The van der Waals surface area contributed by atoms with Crippen molar-refractivity contribution >= 4 is 11.8 Å². The van der Waals surface area contributed by atoms with Crippen LogP contribution < -0.4 is 21.7 Å². The van der Waals surface area contributed by atoms with Crippen molar-refractivity contribution in [2.75, 3.05) is 53.1 Å². The predicted molar refractivity (Wildman–Crippen MR) is 93.7 cm³/mol. The van der Waals surface area contributed by atoms with Gasteiger partial charge < -0.3 is 31.2 Å². The molecule has 0 heterocycles. The van der Waals surface area contributed by atoms with E-state index >= 15 is 0 Å². The third-order valence-electron chi connectivity index (χ3n) is 3.27. The van der Waals surface area contributed by atoms with Crippen molar-refractivity contribution in [1.29, 1.82) is 0 Å².